The topological polar surface area (TPSA) is 98.7 Å². The molecule has 6 nitrogen and oxygen atoms in total. The van der Waals surface area contributed by atoms with E-state index in [0.29, 0.717) is 0 Å². The lowest BCUT2D eigenvalue weighted by molar-refractivity contribution is -0.146. The quantitative estimate of drug-likeness (QED) is 0.655. The van der Waals surface area contributed by atoms with Crippen molar-refractivity contribution in [3.8, 4) is 0 Å². The number of rotatable bonds is 5. The Morgan fingerprint density at radius 2 is 2.10 bits per heavy atom. The molecule has 0 radical (unpaired) electrons. The van der Waals surface area contributed by atoms with Gasteiger partial charge in [-0.3, -0.25) is 0 Å². The largest absolute Gasteiger partial charge is 0.479 e. The molecule has 1 aliphatic carbocycles. The fourth-order valence-electron chi connectivity index (χ4n) is 2.56. The van der Waals surface area contributed by atoms with Gasteiger partial charge in [0.1, 0.15) is 0 Å². The number of carboxylic acids is 1. The lowest BCUT2D eigenvalue weighted by Gasteiger charge is -2.26. The van der Waals surface area contributed by atoms with Gasteiger partial charge >= 0.3 is 12.0 Å². The minimum absolute atomic E-state index is 0.00991. The molecule has 2 atom stereocenters. The van der Waals surface area contributed by atoms with Crippen LogP contribution in [0.5, 0.6) is 0 Å². The second kappa shape index (κ2) is 7.08. The van der Waals surface area contributed by atoms with Crippen LogP contribution in [0.3, 0.4) is 0 Å². The third kappa shape index (κ3) is 4.19. The summed E-state index contributed by atoms with van der Waals surface area (Å²) < 4.78 is 0. The molecule has 21 heavy (non-hydrogen) atoms. The molecule has 0 saturated heterocycles. The Morgan fingerprint density at radius 3 is 2.86 bits per heavy atom. The van der Waals surface area contributed by atoms with Crippen molar-refractivity contribution in [1.82, 2.24) is 10.6 Å². The fourth-order valence-corrected chi connectivity index (χ4v) is 2.56. The number of aliphatic carboxylic acids is 1. The maximum absolute atomic E-state index is 11.8. The van der Waals surface area contributed by atoms with Crippen molar-refractivity contribution in [2.24, 2.45) is 0 Å². The number of hydrogen-bond acceptors (Lipinski definition) is 3. The monoisotopic (exact) mass is 292 g/mol. The number of carbonyl (C=O) groups excluding carboxylic acids is 1. The fraction of sp³-hybridized carbons (Fsp3) is 0.467. The molecule has 6 heteroatoms. The van der Waals surface area contributed by atoms with Crippen LogP contribution < -0.4 is 10.6 Å². The van der Waals surface area contributed by atoms with Gasteiger partial charge in [0, 0.05) is 13.0 Å². The molecule has 2 amide bonds. The summed E-state index contributed by atoms with van der Waals surface area (Å²) in [6.07, 6.45) is 1.49. The Morgan fingerprint density at radius 1 is 1.33 bits per heavy atom. The summed E-state index contributed by atoms with van der Waals surface area (Å²) in [5.41, 5.74) is 2.40. The highest BCUT2D eigenvalue weighted by Crippen LogP contribution is 2.29. The van der Waals surface area contributed by atoms with Crippen molar-refractivity contribution < 1.29 is 19.8 Å². The zero-order chi connectivity index (χ0) is 15.2. The third-order valence-electron chi connectivity index (χ3n) is 3.66. The first-order chi connectivity index (χ1) is 10.1. The van der Waals surface area contributed by atoms with E-state index in [4.69, 9.17) is 10.2 Å². The van der Waals surface area contributed by atoms with E-state index >= 15 is 0 Å². The van der Waals surface area contributed by atoms with E-state index in [1.54, 1.807) is 0 Å². The number of carbonyl (C=O) groups is 2. The van der Waals surface area contributed by atoms with Gasteiger partial charge in [0.15, 0.2) is 6.10 Å². The summed E-state index contributed by atoms with van der Waals surface area (Å²) in [5, 5.41) is 23.1. The van der Waals surface area contributed by atoms with Gasteiger partial charge in [-0.1, -0.05) is 24.3 Å². The molecule has 4 N–H and O–H groups in total. The van der Waals surface area contributed by atoms with E-state index < -0.39 is 12.1 Å². The molecule has 1 aromatic carbocycles. The van der Waals surface area contributed by atoms with E-state index in [9.17, 15) is 9.59 Å². The molecule has 2 rings (SSSR count). The van der Waals surface area contributed by atoms with Crippen LogP contribution >= 0.6 is 0 Å². The minimum Gasteiger partial charge on any atom is -0.479 e. The number of carboxylic acid groups (broad SMARTS) is 1. The Balaban J connectivity index is 1.82. The van der Waals surface area contributed by atoms with Crippen LogP contribution in [0, 0.1) is 0 Å². The number of aliphatic hydroxyl groups is 1. The summed E-state index contributed by atoms with van der Waals surface area (Å²) >= 11 is 0. The van der Waals surface area contributed by atoms with Crippen LogP contribution in [0.4, 0.5) is 4.79 Å². The third-order valence-corrected chi connectivity index (χ3v) is 3.66. The maximum atomic E-state index is 11.8. The Kier molecular flexibility index (Phi) is 5.16. The first-order valence-electron chi connectivity index (χ1n) is 7.11. The molecule has 114 valence electrons. The van der Waals surface area contributed by atoms with Crippen molar-refractivity contribution >= 4 is 12.0 Å². The predicted molar refractivity (Wildman–Crippen MR) is 76.9 cm³/mol. The van der Waals surface area contributed by atoms with Crippen LogP contribution in [0.1, 0.15) is 36.4 Å². The molecule has 0 heterocycles. The summed E-state index contributed by atoms with van der Waals surface area (Å²) in [6, 6.07) is 7.69. The van der Waals surface area contributed by atoms with E-state index in [1.807, 2.05) is 18.2 Å². The number of amides is 2. The van der Waals surface area contributed by atoms with E-state index in [-0.39, 0.29) is 25.0 Å². The number of aryl methyl sites for hydroxylation is 1. The average Bonchev–Trinajstić information content (AvgIpc) is 2.47. The van der Waals surface area contributed by atoms with Crippen molar-refractivity contribution in [1.29, 1.82) is 0 Å². The molecule has 0 fully saturated rings. The minimum atomic E-state index is -1.44. The van der Waals surface area contributed by atoms with Gasteiger partial charge in [-0.15, -0.1) is 0 Å². The smallest absolute Gasteiger partial charge is 0.332 e. The standard InChI is InChI=1S/C15H20N2O4/c18-13(14(19)20)8-9-16-15(21)17-12-7-3-5-10-4-1-2-6-11(10)12/h1-2,4,6,12-13,18H,3,5,7-9H2,(H,19,20)(H2,16,17,21). The number of nitrogens with one attached hydrogen (secondary N) is 2. The molecule has 0 spiro atoms. The first kappa shape index (κ1) is 15.3. The van der Waals surface area contributed by atoms with Crippen molar-refractivity contribution in [2.75, 3.05) is 6.54 Å². The van der Waals surface area contributed by atoms with Gasteiger partial charge in [-0.05, 0) is 30.4 Å². The van der Waals surface area contributed by atoms with Gasteiger partial charge < -0.3 is 20.8 Å². The number of urea groups is 1. The number of hydrogen-bond donors (Lipinski definition) is 4. The van der Waals surface area contributed by atoms with Crippen LogP contribution in [0.15, 0.2) is 24.3 Å². The summed E-state index contributed by atoms with van der Waals surface area (Å²) in [4.78, 5) is 22.3. The van der Waals surface area contributed by atoms with Gasteiger partial charge in [0.2, 0.25) is 0 Å². The van der Waals surface area contributed by atoms with Crippen molar-refractivity contribution in [3.05, 3.63) is 35.4 Å². The van der Waals surface area contributed by atoms with Gasteiger partial charge in [0.05, 0.1) is 6.04 Å². The highest BCUT2D eigenvalue weighted by molar-refractivity contribution is 5.75. The van der Waals surface area contributed by atoms with Gasteiger partial charge in [0.25, 0.3) is 0 Å². The molecule has 0 aliphatic heterocycles. The van der Waals surface area contributed by atoms with Crippen LogP contribution in [0.25, 0.3) is 0 Å². The SMILES string of the molecule is O=C(NCCC(O)C(=O)O)NC1CCCc2ccccc21. The Bertz CT molecular complexity index is 518. The van der Waals surface area contributed by atoms with E-state index in [1.165, 1.54) is 5.56 Å². The zero-order valence-electron chi connectivity index (χ0n) is 11.7. The second-order valence-corrected chi connectivity index (χ2v) is 5.19. The first-order valence-corrected chi connectivity index (χ1v) is 7.11. The molecular formula is C15H20N2O4. The van der Waals surface area contributed by atoms with Crippen LogP contribution in [-0.4, -0.2) is 34.9 Å². The molecule has 1 aliphatic rings. The second-order valence-electron chi connectivity index (χ2n) is 5.19. The molecule has 2 unspecified atom stereocenters. The zero-order valence-corrected chi connectivity index (χ0v) is 11.7. The van der Waals surface area contributed by atoms with E-state index in [2.05, 4.69) is 16.7 Å². The average molecular weight is 292 g/mol. The molecule has 0 saturated carbocycles. The van der Waals surface area contributed by atoms with Crippen molar-refractivity contribution in [3.63, 3.8) is 0 Å². The summed E-state index contributed by atoms with van der Waals surface area (Å²) in [6.45, 7) is 0.119. The highest BCUT2D eigenvalue weighted by atomic mass is 16.4. The molecular weight excluding hydrogens is 272 g/mol. The number of aliphatic hydroxyl groups excluding tert-OH is 1. The maximum Gasteiger partial charge on any atom is 0.332 e. The number of fused-ring (bicyclic) bond motifs is 1. The van der Waals surface area contributed by atoms with Gasteiger partial charge in [-0.25, -0.2) is 9.59 Å². The molecule has 0 bridgehead atoms. The highest BCUT2D eigenvalue weighted by Gasteiger charge is 2.21. The molecule has 1 aromatic rings. The Labute approximate surface area is 123 Å². The lowest BCUT2D eigenvalue weighted by Crippen LogP contribution is -2.40. The summed E-state index contributed by atoms with van der Waals surface area (Å²) in [7, 11) is 0. The summed E-state index contributed by atoms with van der Waals surface area (Å²) in [5.74, 6) is -1.28. The normalized spacial score (nSPS) is 18.4. The van der Waals surface area contributed by atoms with Crippen LogP contribution in [-0.2, 0) is 11.2 Å². The Hall–Kier alpha value is -2.08. The van der Waals surface area contributed by atoms with Crippen molar-refractivity contribution in [2.45, 2.75) is 37.8 Å². The number of benzene rings is 1. The molecule has 0 aromatic heterocycles. The predicted octanol–water partition coefficient (Wildman–Crippen LogP) is 1.20. The van der Waals surface area contributed by atoms with E-state index in [0.717, 1.165) is 24.8 Å². The van der Waals surface area contributed by atoms with Crippen LogP contribution in [0.2, 0.25) is 0 Å². The van der Waals surface area contributed by atoms with Gasteiger partial charge in [-0.2, -0.15) is 0 Å². The lowest BCUT2D eigenvalue weighted by atomic mass is 9.88.